The van der Waals surface area contributed by atoms with Crippen LogP contribution in [0.1, 0.15) is 18.1 Å². The van der Waals surface area contributed by atoms with Gasteiger partial charge in [-0.15, -0.1) is 0 Å². The summed E-state index contributed by atoms with van der Waals surface area (Å²) in [6, 6.07) is 8.08. The number of thioether (sulfide) groups is 1. The van der Waals surface area contributed by atoms with Crippen LogP contribution in [-0.2, 0) is 11.3 Å². The summed E-state index contributed by atoms with van der Waals surface area (Å²) >= 11 is 16.5. The van der Waals surface area contributed by atoms with Gasteiger partial charge in [0.25, 0.3) is 11.1 Å². The van der Waals surface area contributed by atoms with E-state index >= 15 is 0 Å². The predicted molar refractivity (Wildman–Crippen MR) is 115 cm³/mol. The summed E-state index contributed by atoms with van der Waals surface area (Å²) in [6.45, 7) is 2.16. The van der Waals surface area contributed by atoms with Gasteiger partial charge in [-0.25, -0.2) is 0 Å². The van der Waals surface area contributed by atoms with Crippen LogP contribution in [0.25, 0.3) is 6.08 Å². The van der Waals surface area contributed by atoms with Crippen molar-refractivity contribution < 1.29 is 19.4 Å². The molecule has 1 fully saturated rings. The third kappa shape index (κ3) is 4.33. The van der Waals surface area contributed by atoms with E-state index in [1.54, 1.807) is 37.3 Å². The van der Waals surface area contributed by atoms with Crippen LogP contribution in [0, 0.1) is 0 Å². The second kappa shape index (κ2) is 8.78. The Balaban J connectivity index is 1.90. The highest BCUT2D eigenvalue weighted by Gasteiger charge is 2.36. The number of nitrogens with zero attached hydrogens (tertiary/aromatic N) is 1. The molecule has 0 radical (unpaired) electrons. The number of amides is 2. The number of benzene rings is 2. The number of hydrogen-bond acceptors (Lipinski definition) is 5. The fourth-order valence-electron chi connectivity index (χ4n) is 2.56. The Morgan fingerprint density at radius 1 is 1.25 bits per heavy atom. The normalized spacial score (nSPS) is 15.6. The summed E-state index contributed by atoms with van der Waals surface area (Å²) in [6.07, 6.45) is 1.57. The molecule has 5 nitrogen and oxygen atoms in total. The van der Waals surface area contributed by atoms with Crippen molar-refractivity contribution in [2.24, 2.45) is 0 Å². The summed E-state index contributed by atoms with van der Waals surface area (Å²) in [5.41, 5.74) is 1.11. The second-order valence-corrected chi connectivity index (χ2v) is 8.40. The number of ether oxygens (including phenoxy) is 1. The molecule has 0 bridgehead atoms. The monoisotopic (exact) mass is 501 g/mol. The largest absolute Gasteiger partial charge is 0.504 e. The van der Waals surface area contributed by atoms with Crippen molar-refractivity contribution in [2.75, 3.05) is 6.61 Å². The average molecular weight is 503 g/mol. The van der Waals surface area contributed by atoms with E-state index in [-0.39, 0.29) is 17.2 Å². The number of aromatic hydroxyl groups is 1. The molecule has 0 aliphatic carbocycles. The third-order valence-electron chi connectivity index (χ3n) is 3.92. The van der Waals surface area contributed by atoms with Gasteiger partial charge in [-0.2, -0.15) is 0 Å². The molecule has 2 aromatic rings. The molecule has 0 unspecified atom stereocenters. The van der Waals surface area contributed by atoms with E-state index in [0.29, 0.717) is 38.0 Å². The van der Waals surface area contributed by atoms with Crippen molar-refractivity contribution in [1.82, 2.24) is 4.90 Å². The summed E-state index contributed by atoms with van der Waals surface area (Å²) in [5, 5.41) is 10.3. The highest BCUT2D eigenvalue weighted by atomic mass is 79.9. The Morgan fingerprint density at radius 3 is 2.57 bits per heavy atom. The summed E-state index contributed by atoms with van der Waals surface area (Å²) < 4.78 is 5.94. The van der Waals surface area contributed by atoms with Gasteiger partial charge in [-0.05, 0) is 54.6 Å². The van der Waals surface area contributed by atoms with Crippen LogP contribution >= 0.6 is 50.9 Å². The first kappa shape index (κ1) is 21.0. The van der Waals surface area contributed by atoms with Gasteiger partial charge in [0.1, 0.15) is 0 Å². The Hall–Kier alpha value is -1.67. The summed E-state index contributed by atoms with van der Waals surface area (Å²) in [4.78, 5) is 26.5. The van der Waals surface area contributed by atoms with E-state index in [9.17, 15) is 14.7 Å². The second-order valence-electron chi connectivity index (χ2n) is 5.74. The van der Waals surface area contributed by atoms with Crippen LogP contribution in [0.5, 0.6) is 11.5 Å². The SMILES string of the molecule is CCOc1cc(/C=C2\SC(=O)N(Cc3c(Cl)cccc3Cl)C2=O)c(Br)cc1O. The maximum absolute atomic E-state index is 12.8. The average Bonchev–Trinajstić information content (AvgIpc) is 2.89. The van der Waals surface area contributed by atoms with E-state index in [1.165, 1.54) is 6.07 Å². The first-order valence-corrected chi connectivity index (χ1v) is 10.5. The van der Waals surface area contributed by atoms with Gasteiger partial charge in [0.05, 0.1) is 18.1 Å². The number of carbonyl (C=O) groups is 2. The van der Waals surface area contributed by atoms with Gasteiger partial charge in [0, 0.05) is 20.1 Å². The molecule has 146 valence electrons. The third-order valence-corrected chi connectivity index (χ3v) is 6.22. The Bertz CT molecular complexity index is 976. The predicted octanol–water partition coefficient (Wildman–Crippen LogP) is 6.10. The van der Waals surface area contributed by atoms with E-state index in [0.717, 1.165) is 16.7 Å². The summed E-state index contributed by atoms with van der Waals surface area (Å²) in [7, 11) is 0. The zero-order valence-electron chi connectivity index (χ0n) is 14.5. The lowest BCUT2D eigenvalue weighted by Crippen LogP contribution is -2.27. The smallest absolute Gasteiger partial charge is 0.293 e. The lowest BCUT2D eigenvalue weighted by molar-refractivity contribution is -0.123. The Morgan fingerprint density at radius 2 is 1.93 bits per heavy atom. The molecule has 1 saturated heterocycles. The van der Waals surface area contributed by atoms with Crippen LogP contribution in [0.4, 0.5) is 4.79 Å². The molecule has 0 aromatic heterocycles. The highest BCUT2D eigenvalue weighted by molar-refractivity contribution is 9.10. The fourth-order valence-corrected chi connectivity index (χ4v) is 4.35. The van der Waals surface area contributed by atoms with Crippen molar-refractivity contribution in [3.63, 3.8) is 0 Å². The van der Waals surface area contributed by atoms with Crippen molar-refractivity contribution in [3.05, 3.63) is 60.9 Å². The van der Waals surface area contributed by atoms with Gasteiger partial charge >= 0.3 is 0 Å². The van der Waals surface area contributed by atoms with Crippen LogP contribution in [0.15, 0.2) is 39.7 Å². The van der Waals surface area contributed by atoms with Crippen LogP contribution in [0.3, 0.4) is 0 Å². The number of hydrogen-bond donors (Lipinski definition) is 1. The fraction of sp³-hybridized carbons (Fsp3) is 0.158. The number of phenolic OH excluding ortho intramolecular Hbond substituents is 1. The zero-order chi connectivity index (χ0) is 20.4. The van der Waals surface area contributed by atoms with Crippen molar-refractivity contribution in [3.8, 4) is 11.5 Å². The molecule has 1 N–H and O–H groups in total. The number of carbonyl (C=O) groups excluding carboxylic acids is 2. The van der Waals surface area contributed by atoms with Crippen LogP contribution in [0.2, 0.25) is 10.0 Å². The molecule has 2 amide bonds. The number of halogens is 3. The maximum atomic E-state index is 12.8. The quantitative estimate of drug-likeness (QED) is 0.500. The van der Waals surface area contributed by atoms with E-state index < -0.39 is 11.1 Å². The lowest BCUT2D eigenvalue weighted by Gasteiger charge is -2.14. The molecule has 1 heterocycles. The maximum Gasteiger partial charge on any atom is 0.293 e. The molecule has 0 saturated carbocycles. The zero-order valence-corrected chi connectivity index (χ0v) is 18.5. The molecule has 0 spiro atoms. The molecule has 9 heteroatoms. The first-order chi connectivity index (χ1) is 13.3. The number of rotatable bonds is 5. The molecule has 0 atom stereocenters. The van der Waals surface area contributed by atoms with Crippen molar-refractivity contribution in [2.45, 2.75) is 13.5 Å². The molecule has 3 rings (SSSR count). The van der Waals surface area contributed by atoms with Crippen LogP contribution in [-0.4, -0.2) is 27.8 Å². The van der Waals surface area contributed by atoms with Crippen molar-refractivity contribution in [1.29, 1.82) is 0 Å². The number of phenols is 1. The topological polar surface area (TPSA) is 66.8 Å². The van der Waals surface area contributed by atoms with Gasteiger partial charge in [-0.3, -0.25) is 14.5 Å². The van der Waals surface area contributed by atoms with Crippen LogP contribution < -0.4 is 4.74 Å². The Kier molecular flexibility index (Phi) is 6.60. The summed E-state index contributed by atoms with van der Waals surface area (Å²) in [5.74, 6) is -0.171. The minimum absolute atomic E-state index is 0.0124. The van der Waals surface area contributed by atoms with E-state index in [1.807, 2.05) is 0 Å². The van der Waals surface area contributed by atoms with Gasteiger partial charge in [0.15, 0.2) is 11.5 Å². The highest BCUT2D eigenvalue weighted by Crippen LogP contribution is 2.38. The molecule has 1 aliphatic heterocycles. The first-order valence-electron chi connectivity index (χ1n) is 8.15. The standard InChI is InChI=1S/C19H14BrCl2NO4S/c1-2-27-16-6-10(12(20)8-15(16)24)7-17-18(25)23(19(26)28-17)9-11-13(21)4-3-5-14(11)22/h3-8,24H,2,9H2,1H3/b17-7-. The molecule has 1 aliphatic rings. The minimum atomic E-state index is -0.441. The Labute approximate surface area is 184 Å². The molecule has 2 aromatic carbocycles. The van der Waals surface area contributed by atoms with Gasteiger partial charge in [-0.1, -0.05) is 45.2 Å². The minimum Gasteiger partial charge on any atom is -0.504 e. The van der Waals surface area contributed by atoms with Crippen molar-refractivity contribution >= 4 is 68.1 Å². The molecular weight excluding hydrogens is 489 g/mol. The number of imide groups is 1. The molecule has 28 heavy (non-hydrogen) atoms. The molecular formula is C19H14BrCl2NO4S. The van der Waals surface area contributed by atoms with E-state index in [2.05, 4.69) is 15.9 Å². The lowest BCUT2D eigenvalue weighted by atomic mass is 10.1. The van der Waals surface area contributed by atoms with Gasteiger partial charge in [0.2, 0.25) is 0 Å². The van der Waals surface area contributed by atoms with Gasteiger partial charge < -0.3 is 9.84 Å². The van der Waals surface area contributed by atoms with E-state index in [4.69, 9.17) is 27.9 Å².